The number of hydrogen-bond donors (Lipinski definition) is 2. The van der Waals surface area contributed by atoms with Gasteiger partial charge in [-0.05, 0) is 49.2 Å². The molecule has 0 fully saturated rings. The maximum absolute atomic E-state index is 12.3. The number of carbonyl (C=O) groups excluding carboxylic acids is 2. The van der Waals surface area contributed by atoms with E-state index in [-0.39, 0.29) is 29.2 Å². The van der Waals surface area contributed by atoms with Gasteiger partial charge in [0.05, 0.1) is 12.2 Å². The number of hydrogen-bond acceptors (Lipinski definition) is 6. The first-order valence-corrected chi connectivity index (χ1v) is 9.96. The molecule has 166 valence electrons. The molecule has 7 heteroatoms. The smallest absolute Gasteiger partial charge is 0.347 e. The van der Waals surface area contributed by atoms with Crippen LogP contribution in [0.15, 0.2) is 72.8 Å². The number of aryl methyl sites for hydroxylation is 1. The Bertz CT molecular complexity index is 1070. The highest BCUT2D eigenvalue weighted by Gasteiger charge is 2.21. The lowest BCUT2D eigenvalue weighted by Crippen LogP contribution is -2.14. The molecular formula is C25H24O7. The fraction of sp³-hybridized carbons (Fsp3) is 0.160. The number of ether oxygens (including phenoxy) is 2. The standard InChI is InChI=1S/C18H18O5.C7H6O2/c1-3-12-8-7-10-14(17(20)22-4-2)16(12)23-18(21)13-9-5-6-11-15(13)19;8-7(9)6-4-2-1-3-5-6/h5-11,19H,3-4H2,1-2H3;1-5H,(H,8,9). The van der Waals surface area contributed by atoms with Crippen LogP contribution in [0.2, 0.25) is 0 Å². The highest BCUT2D eigenvalue weighted by atomic mass is 16.5. The third-order valence-corrected chi connectivity index (χ3v) is 4.31. The molecule has 0 aromatic heterocycles. The van der Waals surface area contributed by atoms with Crippen molar-refractivity contribution >= 4 is 17.9 Å². The molecule has 0 radical (unpaired) electrons. The number of aromatic hydroxyl groups is 1. The van der Waals surface area contributed by atoms with Gasteiger partial charge in [0.1, 0.15) is 22.6 Å². The Balaban J connectivity index is 0.000000336. The Morgan fingerprint density at radius 2 is 1.41 bits per heavy atom. The monoisotopic (exact) mass is 436 g/mol. The number of carbonyl (C=O) groups is 3. The Hall–Kier alpha value is -4.13. The second-order valence-electron chi connectivity index (χ2n) is 6.45. The second-order valence-corrected chi connectivity index (χ2v) is 6.45. The average Bonchev–Trinajstić information content (AvgIpc) is 2.80. The van der Waals surface area contributed by atoms with E-state index in [2.05, 4.69) is 0 Å². The Labute approximate surface area is 185 Å². The molecule has 0 saturated heterocycles. The van der Waals surface area contributed by atoms with Gasteiger partial charge in [-0.25, -0.2) is 14.4 Å². The summed E-state index contributed by atoms with van der Waals surface area (Å²) in [6.07, 6.45) is 0.580. The van der Waals surface area contributed by atoms with Gasteiger partial charge in [-0.3, -0.25) is 0 Å². The molecule has 0 aliphatic heterocycles. The molecule has 0 heterocycles. The summed E-state index contributed by atoms with van der Waals surface area (Å²) in [5.41, 5.74) is 1.26. The minimum absolute atomic E-state index is 0.0354. The first kappa shape index (κ1) is 24.1. The Morgan fingerprint density at radius 3 is 1.97 bits per heavy atom. The van der Waals surface area contributed by atoms with E-state index in [1.165, 1.54) is 12.1 Å². The number of carboxylic acids is 1. The van der Waals surface area contributed by atoms with E-state index in [0.717, 1.165) is 0 Å². The molecular weight excluding hydrogens is 412 g/mol. The lowest BCUT2D eigenvalue weighted by atomic mass is 10.1. The topological polar surface area (TPSA) is 110 Å². The molecule has 0 spiro atoms. The van der Waals surface area contributed by atoms with Crippen LogP contribution in [0.1, 0.15) is 50.5 Å². The number of esters is 2. The summed E-state index contributed by atoms with van der Waals surface area (Å²) in [5, 5.41) is 18.1. The molecule has 0 aliphatic carbocycles. The van der Waals surface area contributed by atoms with E-state index in [9.17, 15) is 19.5 Å². The zero-order valence-electron chi connectivity index (χ0n) is 17.8. The fourth-order valence-corrected chi connectivity index (χ4v) is 2.73. The summed E-state index contributed by atoms with van der Waals surface area (Å²) >= 11 is 0. The molecule has 0 amide bonds. The summed E-state index contributed by atoms with van der Waals surface area (Å²) < 4.78 is 10.4. The van der Waals surface area contributed by atoms with E-state index in [0.29, 0.717) is 17.5 Å². The predicted molar refractivity (Wildman–Crippen MR) is 118 cm³/mol. The number of rotatable bonds is 6. The summed E-state index contributed by atoms with van der Waals surface area (Å²) in [7, 11) is 0. The van der Waals surface area contributed by atoms with Crippen molar-refractivity contribution in [1.29, 1.82) is 0 Å². The van der Waals surface area contributed by atoms with Gasteiger partial charge in [-0.15, -0.1) is 0 Å². The first-order chi connectivity index (χ1) is 15.4. The average molecular weight is 436 g/mol. The van der Waals surface area contributed by atoms with Crippen LogP contribution in [-0.4, -0.2) is 34.7 Å². The van der Waals surface area contributed by atoms with Gasteiger partial charge in [-0.1, -0.05) is 49.4 Å². The van der Waals surface area contributed by atoms with Crippen molar-refractivity contribution in [2.75, 3.05) is 6.61 Å². The number of aromatic carboxylic acids is 1. The molecule has 32 heavy (non-hydrogen) atoms. The molecule has 0 atom stereocenters. The number of phenolic OH excluding ortho intramolecular Hbond substituents is 1. The SMILES string of the molecule is CCOC(=O)c1cccc(CC)c1OC(=O)c1ccccc1O.O=C(O)c1ccccc1. The van der Waals surface area contributed by atoms with Crippen LogP contribution in [0.5, 0.6) is 11.5 Å². The van der Waals surface area contributed by atoms with Crippen molar-refractivity contribution in [2.45, 2.75) is 20.3 Å². The fourth-order valence-electron chi connectivity index (χ4n) is 2.73. The molecule has 7 nitrogen and oxygen atoms in total. The van der Waals surface area contributed by atoms with E-state index in [1.54, 1.807) is 67.6 Å². The van der Waals surface area contributed by atoms with Gasteiger partial charge < -0.3 is 19.7 Å². The number of phenols is 1. The van der Waals surface area contributed by atoms with E-state index < -0.39 is 17.9 Å². The van der Waals surface area contributed by atoms with Gasteiger partial charge in [-0.2, -0.15) is 0 Å². The molecule has 0 unspecified atom stereocenters. The number of benzene rings is 3. The Morgan fingerprint density at radius 1 is 0.781 bits per heavy atom. The largest absolute Gasteiger partial charge is 0.507 e. The number of para-hydroxylation sites is 2. The summed E-state index contributed by atoms with van der Waals surface area (Å²) in [6.45, 7) is 3.82. The van der Waals surface area contributed by atoms with Crippen molar-refractivity contribution in [3.8, 4) is 11.5 Å². The normalized spacial score (nSPS) is 9.81. The minimum Gasteiger partial charge on any atom is -0.507 e. The summed E-state index contributed by atoms with van der Waals surface area (Å²) in [5.74, 6) is -2.17. The summed E-state index contributed by atoms with van der Waals surface area (Å²) in [6, 6.07) is 19.4. The summed E-state index contributed by atoms with van der Waals surface area (Å²) in [4.78, 5) is 34.6. The van der Waals surface area contributed by atoms with Crippen LogP contribution in [0.3, 0.4) is 0 Å². The Kier molecular flexibility index (Phi) is 8.98. The van der Waals surface area contributed by atoms with Crippen molar-refractivity contribution in [1.82, 2.24) is 0 Å². The van der Waals surface area contributed by atoms with Crippen molar-refractivity contribution in [2.24, 2.45) is 0 Å². The van der Waals surface area contributed by atoms with E-state index in [4.69, 9.17) is 14.6 Å². The maximum atomic E-state index is 12.3. The van der Waals surface area contributed by atoms with E-state index in [1.807, 2.05) is 6.92 Å². The minimum atomic E-state index is -0.879. The van der Waals surface area contributed by atoms with Gasteiger partial charge >= 0.3 is 17.9 Å². The zero-order valence-corrected chi connectivity index (χ0v) is 17.8. The molecule has 0 bridgehead atoms. The van der Waals surface area contributed by atoms with Gasteiger partial charge in [0.2, 0.25) is 0 Å². The van der Waals surface area contributed by atoms with E-state index >= 15 is 0 Å². The highest BCUT2D eigenvalue weighted by molar-refractivity contribution is 5.98. The molecule has 0 aliphatic rings. The van der Waals surface area contributed by atoms with Crippen molar-refractivity contribution in [3.63, 3.8) is 0 Å². The van der Waals surface area contributed by atoms with Crippen LogP contribution in [-0.2, 0) is 11.2 Å². The molecule has 3 aromatic rings. The maximum Gasteiger partial charge on any atom is 0.347 e. The van der Waals surface area contributed by atoms with Gasteiger partial charge in [0, 0.05) is 0 Å². The number of carboxylic acid groups (broad SMARTS) is 1. The highest BCUT2D eigenvalue weighted by Crippen LogP contribution is 2.28. The van der Waals surface area contributed by atoms with Gasteiger partial charge in [0.25, 0.3) is 0 Å². The van der Waals surface area contributed by atoms with Crippen LogP contribution in [0.4, 0.5) is 0 Å². The van der Waals surface area contributed by atoms with Crippen LogP contribution >= 0.6 is 0 Å². The van der Waals surface area contributed by atoms with Crippen LogP contribution < -0.4 is 4.74 Å². The van der Waals surface area contributed by atoms with Gasteiger partial charge in [0.15, 0.2) is 0 Å². The van der Waals surface area contributed by atoms with Crippen molar-refractivity contribution in [3.05, 3.63) is 95.1 Å². The molecule has 2 N–H and O–H groups in total. The second kappa shape index (κ2) is 11.9. The molecule has 3 rings (SSSR count). The lowest BCUT2D eigenvalue weighted by Gasteiger charge is -2.13. The van der Waals surface area contributed by atoms with Crippen molar-refractivity contribution < 1.29 is 34.1 Å². The zero-order chi connectivity index (χ0) is 23.5. The molecule has 3 aromatic carbocycles. The first-order valence-electron chi connectivity index (χ1n) is 9.96. The predicted octanol–water partition coefficient (Wildman–Crippen LogP) is 4.74. The lowest BCUT2D eigenvalue weighted by molar-refractivity contribution is 0.0519. The third-order valence-electron chi connectivity index (χ3n) is 4.31. The molecule has 0 saturated carbocycles. The quantitative estimate of drug-likeness (QED) is 0.424. The van der Waals surface area contributed by atoms with Crippen LogP contribution in [0, 0.1) is 0 Å². The third kappa shape index (κ3) is 6.43. The van der Waals surface area contributed by atoms with Crippen LogP contribution in [0.25, 0.3) is 0 Å².